The predicted octanol–water partition coefficient (Wildman–Crippen LogP) is 4.45. The van der Waals surface area contributed by atoms with Crippen molar-refractivity contribution in [2.24, 2.45) is 0 Å². The Morgan fingerprint density at radius 1 is 1.10 bits per heavy atom. The van der Waals surface area contributed by atoms with Crippen LogP contribution in [-0.2, 0) is 6.54 Å². The molecule has 2 aromatic rings. The van der Waals surface area contributed by atoms with Gasteiger partial charge in [0.1, 0.15) is 5.75 Å². The van der Waals surface area contributed by atoms with Crippen LogP contribution in [0, 0.1) is 6.92 Å². The third-order valence-electron chi connectivity index (χ3n) is 3.32. The highest BCUT2D eigenvalue weighted by molar-refractivity contribution is 5.30. The van der Waals surface area contributed by atoms with Gasteiger partial charge >= 0.3 is 6.61 Å². The third kappa shape index (κ3) is 4.83. The maximum absolute atomic E-state index is 12.2. The Morgan fingerprint density at radius 2 is 1.81 bits per heavy atom. The lowest BCUT2D eigenvalue weighted by Gasteiger charge is -2.15. The standard InChI is InChI=1S/C17H19F2NO/c1-12-6-8-14(9-7-12)11-20-13(2)15-4-3-5-16(10-15)21-17(18)19/h3-10,13,17,20H,11H2,1-2H3. The van der Waals surface area contributed by atoms with Crippen molar-refractivity contribution in [3.63, 3.8) is 0 Å². The molecule has 0 radical (unpaired) electrons. The second-order valence-corrected chi connectivity index (χ2v) is 5.04. The van der Waals surface area contributed by atoms with Crippen molar-refractivity contribution < 1.29 is 13.5 Å². The van der Waals surface area contributed by atoms with E-state index in [1.54, 1.807) is 12.1 Å². The molecule has 21 heavy (non-hydrogen) atoms. The van der Waals surface area contributed by atoms with Crippen LogP contribution in [0.4, 0.5) is 8.78 Å². The SMILES string of the molecule is Cc1ccc(CNC(C)c2cccc(OC(F)F)c2)cc1. The number of nitrogens with one attached hydrogen (secondary N) is 1. The van der Waals surface area contributed by atoms with E-state index in [2.05, 4.69) is 34.3 Å². The van der Waals surface area contributed by atoms with Crippen LogP contribution in [0.3, 0.4) is 0 Å². The summed E-state index contributed by atoms with van der Waals surface area (Å²) < 4.78 is 28.9. The Kier molecular flexibility index (Phi) is 5.28. The zero-order chi connectivity index (χ0) is 15.2. The molecule has 4 heteroatoms. The number of hydrogen-bond donors (Lipinski definition) is 1. The molecule has 2 rings (SSSR count). The number of rotatable bonds is 6. The number of ether oxygens (including phenoxy) is 1. The summed E-state index contributed by atoms with van der Waals surface area (Å²) in [5, 5.41) is 3.37. The van der Waals surface area contributed by atoms with Crippen LogP contribution < -0.4 is 10.1 Å². The molecule has 1 N–H and O–H groups in total. The molecule has 1 unspecified atom stereocenters. The predicted molar refractivity (Wildman–Crippen MR) is 79.5 cm³/mol. The summed E-state index contributed by atoms with van der Waals surface area (Å²) in [5.41, 5.74) is 3.33. The first-order valence-electron chi connectivity index (χ1n) is 6.88. The van der Waals surface area contributed by atoms with Gasteiger partial charge in [-0.3, -0.25) is 0 Å². The van der Waals surface area contributed by atoms with Crippen molar-refractivity contribution in [1.82, 2.24) is 5.32 Å². The quantitative estimate of drug-likeness (QED) is 0.849. The van der Waals surface area contributed by atoms with Crippen LogP contribution in [0.5, 0.6) is 5.75 Å². The van der Waals surface area contributed by atoms with E-state index >= 15 is 0 Å². The van der Waals surface area contributed by atoms with E-state index in [9.17, 15) is 8.78 Å². The minimum absolute atomic E-state index is 0.0486. The van der Waals surface area contributed by atoms with Gasteiger partial charge in [0, 0.05) is 12.6 Å². The summed E-state index contributed by atoms with van der Waals surface area (Å²) in [5.74, 6) is 0.187. The number of alkyl halides is 2. The molecule has 0 aliphatic carbocycles. The van der Waals surface area contributed by atoms with E-state index in [0.29, 0.717) is 0 Å². The molecule has 0 saturated heterocycles. The minimum Gasteiger partial charge on any atom is -0.435 e. The van der Waals surface area contributed by atoms with Crippen LogP contribution in [0.2, 0.25) is 0 Å². The summed E-state index contributed by atoms with van der Waals surface area (Å²) in [7, 11) is 0. The molecule has 0 aliphatic heterocycles. The summed E-state index contributed by atoms with van der Waals surface area (Å²) >= 11 is 0. The first-order chi connectivity index (χ1) is 10.0. The molecule has 0 saturated carbocycles. The topological polar surface area (TPSA) is 21.3 Å². The van der Waals surface area contributed by atoms with E-state index in [0.717, 1.165) is 12.1 Å². The Morgan fingerprint density at radius 3 is 2.48 bits per heavy atom. The highest BCUT2D eigenvalue weighted by atomic mass is 19.3. The fourth-order valence-corrected chi connectivity index (χ4v) is 2.05. The van der Waals surface area contributed by atoms with Gasteiger partial charge in [0.15, 0.2) is 0 Å². The van der Waals surface area contributed by atoms with E-state index in [4.69, 9.17) is 0 Å². The van der Waals surface area contributed by atoms with Crippen LogP contribution in [0.15, 0.2) is 48.5 Å². The number of aryl methyl sites for hydroxylation is 1. The largest absolute Gasteiger partial charge is 0.435 e. The number of benzene rings is 2. The van der Waals surface area contributed by atoms with Crippen molar-refractivity contribution >= 4 is 0 Å². The fourth-order valence-electron chi connectivity index (χ4n) is 2.05. The Labute approximate surface area is 123 Å². The summed E-state index contributed by atoms with van der Waals surface area (Å²) in [4.78, 5) is 0. The van der Waals surface area contributed by atoms with Crippen LogP contribution in [0.1, 0.15) is 29.7 Å². The lowest BCUT2D eigenvalue weighted by Crippen LogP contribution is -2.18. The smallest absolute Gasteiger partial charge is 0.387 e. The molecule has 0 aromatic heterocycles. The van der Waals surface area contributed by atoms with Gasteiger partial charge in [-0.2, -0.15) is 8.78 Å². The molecular formula is C17H19F2NO. The van der Waals surface area contributed by atoms with Crippen LogP contribution in [0.25, 0.3) is 0 Å². The molecule has 0 aliphatic rings. The Balaban J connectivity index is 1.96. The van der Waals surface area contributed by atoms with E-state index in [1.807, 2.05) is 19.9 Å². The number of hydrogen-bond acceptors (Lipinski definition) is 2. The summed E-state index contributed by atoms with van der Waals surface area (Å²) in [6.07, 6.45) is 0. The second kappa shape index (κ2) is 7.18. The van der Waals surface area contributed by atoms with E-state index in [1.165, 1.54) is 17.2 Å². The van der Waals surface area contributed by atoms with Gasteiger partial charge in [-0.1, -0.05) is 42.0 Å². The van der Waals surface area contributed by atoms with Crippen molar-refractivity contribution in [2.45, 2.75) is 33.0 Å². The van der Waals surface area contributed by atoms with Crippen molar-refractivity contribution in [3.05, 3.63) is 65.2 Å². The molecule has 0 bridgehead atoms. The number of halogens is 2. The maximum Gasteiger partial charge on any atom is 0.387 e. The maximum atomic E-state index is 12.2. The summed E-state index contributed by atoms with van der Waals surface area (Å²) in [6, 6.07) is 15.1. The van der Waals surface area contributed by atoms with E-state index in [-0.39, 0.29) is 11.8 Å². The molecule has 0 amide bonds. The minimum atomic E-state index is -2.80. The highest BCUT2D eigenvalue weighted by Gasteiger charge is 2.08. The van der Waals surface area contributed by atoms with Crippen LogP contribution in [-0.4, -0.2) is 6.61 Å². The molecule has 112 valence electrons. The van der Waals surface area contributed by atoms with Gasteiger partial charge in [0.2, 0.25) is 0 Å². The summed E-state index contributed by atoms with van der Waals surface area (Å²) in [6.45, 7) is 1.97. The lowest BCUT2D eigenvalue weighted by molar-refractivity contribution is -0.0499. The van der Waals surface area contributed by atoms with Crippen molar-refractivity contribution in [1.29, 1.82) is 0 Å². The molecule has 0 heterocycles. The molecule has 2 aromatic carbocycles. The molecule has 0 spiro atoms. The monoisotopic (exact) mass is 291 g/mol. The molecule has 1 atom stereocenters. The Hall–Kier alpha value is -1.94. The average Bonchev–Trinajstić information content (AvgIpc) is 2.46. The average molecular weight is 291 g/mol. The van der Waals surface area contributed by atoms with Crippen LogP contribution >= 0.6 is 0 Å². The third-order valence-corrected chi connectivity index (χ3v) is 3.32. The molecular weight excluding hydrogens is 272 g/mol. The van der Waals surface area contributed by atoms with Crippen molar-refractivity contribution in [3.8, 4) is 5.75 Å². The molecule has 0 fully saturated rings. The van der Waals surface area contributed by atoms with Gasteiger partial charge in [0.05, 0.1) is 0 Å². The van der Waals surface area contributed by atoms with Gasteiger partial charge < -0.3 is 10.1 Å². The lowest BCUT2D eigenvalue weighted by atomic mass is 10.1. The Bertz CT molecular complexity index is 569. The second-order valence-electron chi connectivity index (χ2n) is 5.04. The first-order valence-corrected chi connectivity index (χ1v) is 6.88. The van der Waals surface area contributed by atoms with Gasteiger partial charge in [-0.25, -0.2) is 0 Å². The van der Waals surface area contributed by atoms with Crippen molar-refractivity contribution in [2.75, 3.05) is 0 Å². The first kappa shape index (κ1) is 15.4. The van der Waals surface area contributed by atoms with Gasteiger partial charge in [-0.15, -0.1) is 0 Å². The van der Waals surface area contributed by atoms with E-state index < -0.39 is 6.61 Å². The highest BCUT2D eigenvalue weighted by Crippen LogP contribution is 2.21. The van der Waals surface area contributed by atoms with Gasteiger partial charge in [-0.05, 0) is 37.1 Å². The fraction of sp³-hybridized carbons (Fsp3) is 0.294. The van der Waals surface area contributed by atoms with Gasteiger partial charge in [0.25, 0.3) is 0 Å². The zero-order valence-electron chi connectivity index (χ0n) is 12.1. The normalized spacial score (nSPS) is 12.4. The molecule has 2 nitrogen and oxygen atoms in total. The zero-order valence-corrected chi connectivity index (χ0v) is 12.1.